The molecule has 0 saturated heterocycles. The molecule has 3 unspecified atom stereocenters. The largest absolute Gasteiger partial charge is 0.472 e. The first-order valence-electron chi connectivity index (χ1n) is 22.3. The molecule has 3 N–H and O–H groups in total. The molecule has 0 fully saturated rings. The molecule has 0 radical (unpaired) electrons. The van der Waals surface area contributed by atoms with Gasteiger partial charge in [-0.05, 0) is 38.5 Å². The van der Waals surface area contributed by atoms with E-state index in [4.69, 9.17) is 18.5 Å². The van der Waals surface area contributed by atoms with E-state index in [9.17, 15) is 29.3 Å². The smallest absolute Gasteiger partial charge is 0.457 e. The van der Waals surface area contributed by atoms with Gasteiger partial charge in [-0.2, -0.15) is 0 Å². The zero-order chi connectivity index (χ0) is 40.5. The van der Waals surface area contributed by atoms with Crippen LogP contribution in [0.1, 0.15) is 206 Å². The first kappa shape index (κ1) is 53.5. The van der Waals surface area contributed by atoms with E-state index in [1.165, 1.54) is 103 Å². The van der Waals surface area contributed by atoms with E-state index in [1.807, 2.05) is 0 Å². The van der Waals surface area contributed by atoms with E-state index in [0.29, 0.717) is 12.8 Å². The predicted octanol–water partition coefficient (Wildman–Crippen LogP) is 11.8. The summed E-state index contributed by atoms with van der Waals surface area (Å²) in [5, 5.41) is 19.2. The number of rotatable bonds is 42. The van der Waals surface area contributed by atoms with E-state index in [0.717, 1.165) is 64.2 Å². The van der Waals surface area contributed by atoms with Crippen molar-refractivity contribution in [2.45, 2.75) is 219 Å². The summed E-state index contributed by atoms with van der Waals surface area (Å²) in [6, 6.07) is 0. The van der Waals surface area contributed by atoms with Crippen LogP contribution in [-0.4, -0.2) is 65.7 Å². The number of aliphatic hydroxyl groups is 2. The van der Waals surface area contributed by atoms with Gasteiger partial charge in [-0.25, -0.2) is 4.57 Å². The van der Waals surface area contributed by atoms with Crippen LogP contribution < -0.4 is 0 Å². The first-order chi connectivity index (χ1) is 26.8. The Hall–Kier alpha value is -1.55. The number of esters is 2. The molecule has 0 bridgehead atoms. The summed E-state index contributed by atoms with van der Waals surface area (Å²) in [6.07, 6.45) is 40.1. The van der Waals surface area contributed by atoms with Crippen LogP contribution >= 0.6 is 7.82 Å². The van der Waals surface area contributed by atoms with Crippen LogP contribution in [-0.2, 0) is 32.7 Å². The number of phosphoric ester groups is 1. The number of allylic oxidation sites excluding steroid dienone is 4. The third kappa shape index (κ3) is 39.1. The molecule has 0 spiro atoms. The van der Waals surface area contributed by atoms with Crippen molar-refractivity contribution >= 4 is 19.8 Å². The highest BCUT2D eigenvalue weighted by Crippen LogP contribution is 2.43. The summed E-state index contributed by atoms with van der Waals surface area (Å²) in [7, 11) is -4.64. The molecule has 0 aromatic heterocycles. The van der Waals surface area contributed by atoms with E-state index in [-0.39, 0.29) is 12.8 Å². The third-order valence-corrected chi connectivity index (χ3v) is 10.6. The summed E-state index contributed by atoms with van der Waals surface area (Å²) in [6.45, 7) is 2.15. The normalized spacial score (nSPS) is 14.1. The van der Waals surface area contributed by atoms with E-state index in [2.05, 4.69) is 38.2 Å². The molecule has 324 valence electrons. The molecule has 0 saturated carbocycles. The lowest BCUT2D eigenvalue weighted by Gasteiger charge is -2.20. The van der Waals surface area contributed by atoms with Crippen LogP contribution in [0.2, 0.25) is 0 Å². The number of phosphoric acid groups is 1. The molecule has 0 aliphatic rings. The number of hydrogen-bond acceptors (Lipinski definition) is 9. The Labute approximate surface area is 336 Å². The molecule has 0 aliphatic heterocycles. The van der Waals surface area contributed by atoms with Gasteiger partial charge >= 0.3 is 19.8 Å². The zero-order valence-corrected chi connectivity index (χ0v) is 36.0. The van der Waals surface area contributed by atoms with Crippen molar-refractivity contribution < 1.29 is 47.8 Å². The molecular formula is C44H83O10P. The van der Waals surface area contributed by atoms with Gasteiger partial charge in [-0.15, -0.1) is 0 Å². The number of carbonyl (C=O) groups excluding carboxylic acids is 2. The van der Waals surface area contributed by atoms with Crippen LogP contribution in [0.4, 0.5) is 0 Å². The maximum atomic E-state index is 12.4. The van der Waals surface area contributed by atoms with Gasteiger partial charge < -0.3 is 24.6 Å². The summed E-state index contributed by atoms with van der Waals surface area (Å²) < 4.78 is 32.6. The van der Waals surface area contributed by atoms with Gasteiger partial charge in [0.15, 0.2) is 0 Å². The zero-order valence-electron chi connectivity index (χ0n) is 35.2. The topological polar surface area (TPSA) is 149 Å². The minimum Gasteiger partial charge on any atom is -0.457 e. The summed E-state index contributed by atoms with van der Waals surface area (Å²) in [5.74, 6) is -1.03. The Morgan fingerprint density at radius 2 is 0.836 bits per heavy atom. The predicted molar refractivity (Wildman–Crippen MR) is 224 cm³/mol. The third-order valence-electron chi connectivity index (χ3n) is 9.65. The molecule has 11 heteroatoms. The van der Waals surface area contributed by atoms with Gasteiger partial charge in [0.1, 0.15) is 12.2 Å². The molecule has 0 heterocycles. The number of aliphatic hydroxyl groups excluding tert-OH is 2. The SMILES string of the molecule is CCC/C=C\C/C=C\CCCCCCCC(=O)OC(CO)COP(=O)(O)OCC(CO)OC(=O)CCCCCCCCCCCCCCCCCCCCC. The highest BCUT2D eigenvalue weighted by atomic mass is 31.2. The van der Waals surface area contributed by atoms with Crippen molar-refractivity contribution in [3.8, 4) is 0 Å². The van der Waals surface area contributed by atoms with Crippen molar-refractivity contribution in [2.75, 3.05) is 26.4 Å². The standard InChI is InChI=1S/C44H83O10P/c1-3-5-7-9-11-13-15-17-18-19-20-21-22-24-26-28-30-32-34-36-44(48)54-42(38-46)40-52-55(49,50)51-39-41(37-45)53-43(47)35-33-31-29-27-25-23-16-14-12-10-8-6-4-2/h8,10,14,16,41-42,45-46H,3-7,9,11-13,15,17-40H2,1-2H3,(H,49,50)/b10-8-,16-14-. The van der Waals surface area contributed by atoms with E-state index >= 15 is 0 Å². The van der Waals surface area contributed by atoms with Gasteiger partial charge in [0.05, 0.1) is 26.4 Å². The van der Waals surface area contributed by atoms with Crippen LogP contribution in [0.25, 0.3) is 0 Å². The van der Waals surface area contributed by atoms with Gasteiger partial charge in [0, 0.05) is 12.8 Å². The van der Waals surface area contributed by atoms with Gasteiger partial charge in [-0.3, -0.25) is 18.6 Å². The average molecular weight is 803 g/mol. The van der Waals surface area contributed by atoms with Crippen molar-refractivity contribution in [3.63, 3.8) is 0 Å². The molecule has 10 nitrogen and oxygen atoms in total. The molecular weight excluding hydrogens is 719 g/mol. The molecule has 3 atom stereocenters. The minimum absolute atomic E-state index is 0.177. The molecule has 0 amide bonds. The van der Waals surface area contributed by atoms with Crippen molar-refractivity contribution in [1.29, 1.82) is 0 Å². The van der Waals surface area contributed by atoms with Crippen LogP contribution in [0.5, 0.6) is 0 Å². The lowest BCUT2D eigenvalue weighted by molar-refractivity contribution is -0.153. The Kier molecular flexibility index (Phi) is 39.5. The summed E-state index contributed by atoms with van der Waals surface area (Å²) in [4.78, 5) is 34.5. The van der Waals surface area contributed by atoms with Crippen molar-refractivity contribution in [3.05, 3.63) is 24.3 Å². The van der Waals surface area contributed by atoms with Crippen LogP contribution in [0.3, 0.4) is 0 Å². The van der Waals surface area contributed by atoms with Crippen LogP contribution in [0.15, 0.2) is 24.3 Å². The van der Waals surface area contributed by atoms with Crippen molar-refractivity contribution in [2.24, 2.45) is 0 Å². The van der Waals surface area contributed by atoms with Gasteiger partial charge in [0.25, 0.3) is 0 Å². The second kappa shape index (κ2) is 40.6. The molecule has 0 aliphatic carbocycles. The fraction of sp³-hybridized carbons (Fsp3) is 0.864. The molecule has 0 aromatic rings. The monoisotopic (exact) mass is 803 g/mol. The van der Waals surface area contributed by atoms with E-state index in [1.54, 1.807) is 0 Å². The second-order valence-electron chi connectivity index (χ2n) is 15.0. The Balaban J connectivity index is 3.88. The molecule has 55 heavy (non-hydrogen) atoms. The molecule has 0 rings (SSSR count). The van der Waals surface area contributed by atoms with Crippen LogP contribution in [0, 0.1) is 0 Å². The maximum absolute atomic E-state index is 12.4. The number of hydrogen-bond donors (Lipinski definition) is 3. The van der Waals surface area contributed by atoms with Crippen molar-refractivity contribution in [1.82, 2.24) is 0 Å². The second-order valence-corrected chi connectivity index (χ2v) is 16.5. The fourth-order valence-electron chi connectivity index (χ4n) is 6.21. The summed E-state index contributed by atoms with van der Waals surface area (Å²) in [5.41, 5.74) is 0. The minimum atomic E-state index is -4.64. The number of carbonyl (C=O) groups is 2. The number of ether oxygens (including phenoxy) is 2. The Morgan fingerprint density at radius 1 is 0.491 bits per heavy atom. The van der Waals surface area contributed by atoms with E-state index < -0.39 is 58.4 Å². The molecule has 0 aromatic carbocycles. The van der Waals surface area contributed by atoms with Gasteiger partial charge in [-0.1, -0.05) is 179 Å². The lowest BCUT2D eigenvalue weighted by atomic mass is 10.0. The highest BCUT2D eigenvalue weighted by Gasteiger charge is 2.27. The average Bonchev–Trinajstić information content (AvgIpc) is 3.17. The maximum Gasteiger partial charge on any atom is 0.472 e. The van der Waals surface area contributed by atoms with Gasteiger partial charge in [0.2, 0.25) is 0 Å². The fourth-order valence-corrected chi connectivity index (χ4v) is 7.00. The lowest BCUT2D eigenvalue weighted by Crippen LogP contribution is -2.28. The number of unbranched alkanes of at least 4 members (excludes halogenated alkanes) is 24. The quantitative estimate of drug-likeness (QED) is 0.0236. The Morgan fingerprint density at radius 3 is 1.20 bits per heavy atom. The first-order valence-corrected chi connectivity index (χ1v) is 23.8. The highest BCUT2D eigenvalue weighted by molar-refractivity contribution is 7.47. The Bertz CT molecular complexity index is 972. The summed E-state index contributed by atoms with van der Waals surface area (Å²) >= 11 is 0.